The topological polar surface area (TPSA) is 15.3 Å². The fraction of sp³-hybridized carbons (Fsp3) is 0.600. The van der Waals surface area contributed by atoms with Gasteiger partial charge in [0.15, 0.2) is 0 Å². The second-order valence-electron chi connectivity index (χ2n) is 4.70. The summed E-state index contributed by atoms with van der Waals surface area (Å²) in [5.74, 6) is 1.18. The lowest BCUT2D eigenvalue weighted by Gasteiger charge is -2.20. The molecule has 0 spiro atoms. The average Bonchev–Trinajstić information content (AvgIpc) is 2.38. The van der Waals surface area contributed by atoms with Crippen molar-refractivity contribution in [2.75, 3.05) is 37.0 Å². The number of hydrogen-bond donors (Lipinski definition) is 1. The van der Waals surface area contributed by atoms with Gasteiger partial charge in [0, 0.05) is 31.6 Å². The van der Waals surface area contributed by atoms with Crippen molar-refractivity contribution in [2.24, 2.45) is 0 Å². The molecule has 1 aromatic rings. The van der Waals surface area contributed by atoms with Crippen molar-refractivity contribution in [3.05, 3.63) is 29.3 Å². The quantitative estimate of drug-likeness (QED) is 0.727. The molecule has 102 valence electrons. The highest BCUT2D eigenvalue weighted by atomic mass is 32.2. The molecule has 1 rings (SSSR count). The minimum atomic E-state index is 0.981. The van der Waals surface area contributed by atoms with Crippen LogP contribution in [0.15, 0.2) is 18.2 Å². The van der Waals surface area contributed by atoms with E-state index in [1.165, 1.54) is 29.0 Å². The summed E-state index contributed by atoms with van der Waals surface area (Å²) in [7, 11) is 2.17. The Morgan fingerprint density at radius 3 is 2.72 bits per heavy atom. The molecule has 0 saturated heterocycles. The lowest BCUT2D eigenvalue weighted by Crippen LogP contribution is -2.20. The van der Waals surface area contributed by atoms with Gasteiger partial charge >= 0.3 is 0 Å². The SMILES string of the molecule is CCCNCc1ccc(N(C)CCSC)cc1C. The van der Waals surface area contributed by atoms with E-state index < -0.39 is 0 Å². The average molecular weight is 266 g/mol. The zero-order valence-electron chi connectivity index (χ0n) is 12.1. The Bertz CT molecular complexity index is 352. The molecule has 0 radical (unpaired) electrons. The lowest BCUT2D eigenvalue weighted by atomic mass is 10.1. The van der Waals surface area contributed by atoms with Crippen LogP contribution in [0.4, 0.5) is 5.69 Å². The predicted molar refractivity (Wildman–Crippen MR) is 84.8 cm³/mol. The Kier molecular flexibility index (Phi) is 7.21. The molecular formula is C15H26N2S. The van der Waals surface area contributed by atoms with E-state index >= 15 is 0 Å². The van der Waals surface area contributed by atoms with E-state index in [4.69, 9.17) is 0 Å². The largest absolute Gasteiger partial charge is 0.374 e. The third kappa shape index (κ3) is 4.91. The fourth-order valence-corrected chi connectivity index (χ4v) is 2.33. The van der Waals surface area contributed by atoms with Crippen LogP contribution in [0.1, 0.15) is 24.5 Å². The molecule has 0 saturated carbocycles. The van der Waals surface area contributed by atoms with Crippen LogP contribution in [0.2, 0.25) is 0 Å². The van der Waals surface area contributed by atoms with Crippen molar-refractivity contribution >= 4 is 17.4 Å². The van der Waals surface area contributed by atoms with E-state index in [1.54, 1.807) is 0 Å². The fourth-order valence-electron chi connectivity index (χ4n) is 1.87. The molecule has 0 unspecified atom stereocenters. The molecule has 0 fully saturated rings. The first-order valence-electron chi connectivity index (χ1n) is 6.69. The van der Waals surface area contributed by atoms with Gasteiger partial charge in [-0.15, -0.1) is 0 Å². The summed E-state index contributed by atoms with van der Waals surface area (Å²) in [6.07, 6.45) is 3.34. The number of hydrogen-bond acceptors (Lipinski definition) is 3. The van der Waals surface area contributed by atoms with Crippen LogP contribution >= 0.6 is 11.8 Å². The van der Waals surface area contributed by atoms with Crippen molar-refractivity contribution in [3.8, 4) is 0 Å². The van der Waals surface area contributed by atoms with Gasteiger partial charge in [0.2, 0.25) is 0 Å². The first-order chi connectivity index (χ1) is 8.69. The smallest absolute Gasteiger partial charge is 0.0366 e. The highest BCUT2D eigenvalue weighted by Crippen LogP contribution is 2.18. The van der Waals surface area contributed by atoms with Crippen LogP contribution in [-0.4, -0.2) is 32.1 Å². The summed E-state index contributed by atoms with van der Waals surface area (Å²) < 4.78 is 0. The van der Waals surface area contributed by atoms with Gasteiger partial charge in [-0.1, -0.05) is 13.0 Å². The summed E-state index contributed by atoms with van der Waals surface area (Å²) in [4.78, 5) is 2.33. The van der Waals surface area contributed by atoms with Crippen molar-refractivity contribution in [1.29, 1.82) is 0 Å². The molecule has 0 aromatic heterocycles. The standard InChI is InChI=1S/C15H26N2S/c1-5-8-16-12-14-6-7-15(11-13(14)2)17(3)9-10-18-4/h6-7,11,16H,5,8-10,12H2,1-4H3. The summed E-state index contributed by atoms with van der Waals surface area (Å²) in [5, 5.41) is 3.46. The molecule has 3 heteroatoms. The highest BCUT2D eigenvalue weighted by molar-refractivity contribution is 7.98. The maximum absolute atomic E-state index is 3.46. The van der Waals surface area contributed by atoms with Gasteiger partial charge < -0.3 is 10.2 Å². The van der Waals surface area contributed by atoms with E-state index in [1.807, 2.05) is 11.8 Å². The summed E-state index contributed by atoms with van der Waals surface area (Å²) in [5.41, 5.74) is 4.11. The van der Waals surface area contributed by atoms with Gasteiger partial charge in [-0.3, -0.25) is 0 Å². The molecule has 0 aliphatic heterocycles. The van der Waals surface area contributed by atoms with E-state index in [0.717, 1.165) is 19.6 Å². The van der Waals surface area contributed by atoms with E-state index in [-0.39, 0.29) is 0 Å². The van der Waals surface area contributed by atoms with Crippen LogP contribution < -0.4 is 10.2 Å². The second kappa shape index (κ2) is 8.44. The number of benzene rings is 1. The van der Waals surface area contributed by atoms with Gasteiger partial charge in [0.05, 0.1) is 0 Å². The van der Waals surface area contributed by atoms with E-state index in [0.29, 0.717) is 0 Å². The molecule has 0 atom stereocenters. The lowest BCUT2D eigenvalue weighted by molar-refractivity contribution is 0.673. The number of rotatable bonds is 8. The summed E-state index contributed by atoms with van der Waals surface area (Å²) in [6, 6.07) is 6.78. The molecule has 18 heavy (non-hydrogen) atoms. The minimum absolute atomic E-state index is 0.981. The molecule has 0 amide bonds. The molecule has 1 aromatic carbocycles. The molecule has 0 aliphatic rings. The molecule has 2 nitrogen and oxygen atoms in total. The van der Waals surface area contributed by atoms with E-state index in [2.05, 4.69) is 55.6 Å². The van der Waals surface area contributed by atoms with Crippen molar-refractivity contribution in [1.82, 2.24) is 5.32 Å². The minimum Gasteiger partial charge on any atom is -0.374 e. The number of nitrogens with one attached hydrogen (secondary N) is 1. The molecule has 0 heterocycles. The second-order valence-corrected chi connectivity index (χ2v) is 5.69. The maximum Gasteiger partial charge on any atom is 0.0366 e. The van der Waals surface area contributed by atoms with Crippen LogP contribution in [0.5, 0.6) is 0 Å². The number of anilines is 1. The molecule has 1 N–H and O–H groups in total. The monoisotopic (exact) mass is 266 g/mol. The molecular weight excluding hydrogens is 240 g/mol. The number of thioether (sulfide) groups is 1. The third-order valence-corrected chi connectivity index (χ3v) is 3.73. The Labute approximate surface area is 116 Å². The first kappa shape index (κ1) is 15.4. The van der Waals surface area contributed by atoms with Crippen molar-refractivity contribution < 1.29 is 0 Å². The zero-order valence-corrected chi connectivity index (χ0v) is 12.9. The van der Waals surface area contributed by atoms with Crippen LogP contribution in [0, 0.1) is 6.92 Å². The highest BCUT2D eigenvalue weighted by Gasteiger charge is 2.03. The van der Waals surface area contributed by atoms with Crippen molar-refractivity contribution in [3.63, 3.8) is 0 Å². The summed E-state index contributed by atoms with van der Waals surface area (Å²) in [6.45, 7) is 7.58. The number of aryl methyl sites for hydroxylation is 1. The Balaban J connectivity index is 2.60. The van der Waals surface area contributed by atoms with E-state index in [9.17, 15) is 0 Å². The summed E-state index contributed by atoms with van der Waals surface area (Å²) >= 11 is 1.89. The van der Waals surface area contributed by atoms with Crippen LogP contribution in [-0.2, 0) is 6.54 Å². The van der Waals surface area contributed by atoms with Crippen LogP contribution in [0.3, 0.4) is 0 Å². The zero-order chi connectivity index (χ0) is 13.4. The predicted octanol–water partition coefficient (Wildman–Crippen LogP) is 3.29. The normalized spacial score (nSPS) is 10.7. The Hall–Kier alpha value is -0.670. The van der Waals surface area contributed by atoms with Gasteiger partial charge in [0.25, 0.3) is 0 Å². The van der Waals surface area contributed by atoms with Gasteiger partial charge in [-0.25, -0.2) is 0 Å². The molecule has 0 bridgehead atoms. The maximum atomic E-state index is 3.46. The van der Waals surface area contributed by atoms with Crippen molar-refractivity contribution in [2.45, 2.75) is 26.8 Å². The third-order valence-electron chi connectivity index (χ3n) is 3.14. The molecule has 0 aliphatic carbocycles. The van der Waals surface area contributed by atoms with Gasteiger partial charge in [0.1, 0.15) is 0 Å². The first-order valence-corrected chi connectivity index (χ1v) is 8.08. The number of nitrogens with zero attached hydrogens (tertiary/aromatic N) is 1. The van der Waals surface area contributed by atoms with Gasteiger partial charge in [-0.2, -0.15) is 11.8 Å². The Morgan fingerprint density at radius 2 is 2.11 bits per heavy atom. The van der Waals surface area contributed by atoms with Crippen LogP contribution in [0.25, 0.3) is 0 Å². The van der Waals surface area contributed by atoms with Gasteiger partial charge in [-0.05, 0) is 49.4 Å². The Morgan fingerprint density at radius 1 is 1.33 bits per heavy atom.